The van der Waals surface area contributed by atoms with Gasteiger partial charge in [0.2, 0.25) is 10.0 Å². The maximum Gasteiger partial charge on any atom is 0.343 e. The molecule has 7 nitrogen and oxygen atoms in total. The molecule has 168 valence electrons. The third-order valence-electron chi connectivity index (χ3n) is 4.36. The number of hydrogen-bond acceptors (Lipinski definition) is 5. The molecule has 0 saturated carbocycles. The highest BCUT2D eigenvalue weighted by atomic mass is 35.5. The third kappa shape index (κ3) is 5.74. The van der Waals surface area contributed by atoms with E-state index in [0.29, 0.717) is 0 Å². The van der Waals surface area contributed by atoms with E-state index in [1.807, 2.05) is 0 Å². The molecule has 1 unspecified atom stereocenters. The minimum atomic E-state index is -3.78. The van der Waals surface area contributed by atoms with Gasteiger partial charge in [-0.2, -0.15) is 4.31 Å². The van der Waals surface area contributed by atoms with E-state index in [1.54, 1.807) is 13.8 Å². The number of nitrogens with one attached hydrogen (secondary N) is 1. The Labute approximate surface area is 190 Å². The minimum Gasteiger partial charge on any atom is -0.449 e. The van der Waals surface area contributed by atoms with Crippen LogP contribution in [0.3, 0.4) is 0 Å². The summed E-state index contributed by atoms with van der Waals surface area (Å²) in [6.07, 6.45) is -1.35. The second-order valence-electron chi connectivity index (χ2n) is 6.36. The summed E-state index contributed by atoms with van der Waals surface area (Å²) in [5, 5.41) is 2.35. The summed E-state index contributed by atoms with van der Waals surface area (Å²) in [4.78, 5) is 24.6. The third-order valence-corrected chi connectivity index (χ3v) is 7.05. The summed E-state index contributed by atoms with van der Waals surface area (Å²) in [7, 11) is -3.78. The largest absolute Gasteiger partial charge is 0.449 e. The second-order valence-corrected chi connectivity index (χ2v) is 9.12. The number of halogens is 3. The van der Waals surface area contributed by atoms with Gasteiger partial charge < -0.3 is 10.1 Å². The summed E-state index contributed by atoms with van der Waals surface area (Å²) < 4.78 is 45.5. The molecule has 0 aromatic heterocycles. The van der Waals surface area contributed by atoms with Crippen molar-refractivity contribution in [3.63, 3.8) is 0 Å². The zero-order valence-corrected chi connectivity index (χ0v) is 19.3. The first-order valence-electron chi connectivity index (χ1n) is 9.28. The van der Waals surface area contributed by atoms with Crippen LogP contribution >= 0.6 is 23.2 Å². The molecule has 0 spiro atoms. The lowest BCUT2D eigenvalue weighted by Gasteiger charge is -2.19. The SMILES string of the molecule is CCN(CC)S(=O)(=O)c1ccc(Cl)c(NC(=O)C(C)OC(=O)c2c(F)cccc2Cl)c1. The van der Waals surface area contributed by atoms with E-state index < -0.39 is 39.4 Å². The number of carbonyl (C=O) groups excluding carboxylic acids is 2. The Morgan fingerprint density at radius 1 is 1.13 bits per heavy atom. The summed E-state index contributed by atoms with van der Waals surface area (Å²) in [6.45, 7) is 5.23. The first-order chi connectivity index (χ1) is 14.5. The van der Waals surface area contributed by atoms with Crippen molar-refractivity contribution in [2.75, 3.05) is 18.4 Å². The zero-order valence-electron chi connectivity index (χ0n) is 17.0. The summed E-state index contributed by atoms with van der Waals surface area (Å²) in [6, 6.07) is 7.56. The molecule has 0 saturated heterocycles. The monoisotopic (exact) mass is 490 g/mol. The standard InChI is InChI=1S/C20H21Cl2FN2O5S/c1-4-25(5-2)31(28,29)13-9-10-14(21)17(11-13)24-19(26)12(3)30-20(27)18-15(22)7-6-8-16(18)23/h6-12H,4-5H2,1-3H3,(H,24,26). The van der Waals surface area contributed by atoms with Crippen LogP contribution in [-0.4, -0.2) is 43.8 Å². The Kier molecular flexibility index (Phi) is 8.41. The van der Waals surface area contributed by atoms with Crippen molar-refractivity contribution in [2.45, 2.75) is 31.8 Å². The van der Waals surface area contributed by atoms with Crippen LogP contribution in [-0.2, 0) is 19.6 Å². The Morgan fingerprint density at radius 2 is 1.77 bits per heavy atom. The predicted octanol–water partition coefficient (Wildman–Crippen LogP) is 4.35. The number of ether oxygens (including phenoxy) is 1. The maximum absolute atomic E-state index is 13.9. The summed E-state index contributed by atoms with van der Waals surface area (Å²) in [5.74, 6) is -2.79. The van der Waals surface area contributed by atoms with Crippen LogP contribution < -0.4 is 5.32 Å². The fourth-order valence-corrected chi connectivity index (χ4v) is 4.56. The van der Waals surface area contributed by atoms with E-state index >= 15 is 0 Å². The molecule has 0 aliphatic rings. The summed E-state index contributed by atoms with van der Waals surface area (Å²) >= 11 is 11.9. The average molecular weight is 491 g/mol. The van der Waals surface area contributed by atoms with E-state index in [9.17, 15) is 22.4 Å². The highest BCUT2D eigenvalue weighted by Gasteiger charge is 2.26. The average Bonchev–Trinajstić information content (AvgIpc) is 2.69. The molecule has 0 bridgehead atoms. The fourth-order valence-electron chi connectivity index (χ4n) is 2.67. The van der Waals surface area contributed by atoms with Crippen molar-refractivity contribution < 1.29 is 27.1 Å². The van der Waals surface area contributed by atoms with Crippen LogP contribution in [0.15, 0.2) is 41.3 Å². The van der Waals surface area contributed by atoms with Crippen LogP contribution in [0.2, 0.25) is 10.0 Å². The van der Waals surface area contributed by atoms with Gasteiger partial charge in [0.05, 0.1) is 20.6 Å². The van der Waals surface area contributed by atoms with Gasteiger partial charge in [0.1, 0.15) is 11.4 Å². The number of sulfonamides is 1. The highest BCUT2D eigenvalue weighted by molar-refractivity contribution is 7.89. The van der Waals surface area contributed by atoms with E-state index in [4.69, 9.17) is 27.9 Å². The van der Waals surface area contributed by atoms with Gasteiger partial charge in [-0.15, -0.1) is 0 Å². The Morgan fingerprint density at radius 3 is 2.35 bits per heavy atom. The molecule has 0 radical (unpaired) electrons. The molecule has 0 heterocycles. The molecule has 1 amide bonds. The van der Waals surface area contributed by atoms with Crippen LogP contribution in [0.4, 0.5) is 10.1 Å². The van der Waals surface area contributed by atoms with Crippen molar-refractivity contribution in [1.29, 1.82) is 0 Å². The van der Waals surface area contributed by atoms with Crippen LogP contribution in [0, 0.1) is 5.82 Å². The van der Waals surface area contributed by atoms with Gasteiger partial charge in [0.25, 0.3) is 5.91 Å². The first kappa shape index (κ1) is 25.1. The van der Waals surface area contributed by atoms with Gasteiger partial charge in [-0.1, -0.05) is 43.1 Å². The van der Waals surface area contributed by atoms with Crippen molar-refractivity contribution in [3.05, 3.63) is 57.8 Å². The lowest BCUT2D eigenvalue weighted by atomic mass is 10.2. The molecule has 11 heteroatoms. The number of nitrogens with zero attached hydrogens (tertiary/aromatic N) is 1. The smallest absolute Gasteiger partial charge is 0.343 e. The van der Waals surface area contributed by atoms with Gasteiger partial charge in [0, 0.05) is 13.1 Å². The first-order valence-corrected chi connectivity index (χ1v) is 11.5. The Bertz CT molecular complexity index is 1070. The minimum absolute atomic E-state index is 0.0201. The van der Waals surface area contributed by atoms with E-state index in [-0.39, 0.29) is 33.7 Å². The molecular formula is C20H21Cl2FN2O5S. The highest BCUT2D eigenvalue weighted by Crippen LogP contribution is 2.27. The summed E-state index contributed by atoms with van der Waals surface area (Å²) in [5.41, 5.74) is -0.471. The normalized spacial score (nSPS) is 12.5. The van der Waals surface area contributed by atoms with Gasteiger partial charge in [-0.3, -0.25) is 4.79 Å². The Hall–Kier alpha value is -2.20. The molecule has 0 aliphatic carbocycles. The van der Waals surface area contributed by atoms with E-state index in [2.05, 4.69) is 5.32 Å². The van der Waals surface area contributed by atoms with Crippen LogP contribution in [0.5, 0.6) is 0 Å². The van der Waals surface area contributed by atoms with E-state index in [0.717, 1.165) is 6.07 Å². The molecule has 1 atom stereocenters. The number of esters is 1. The fraction of sp³-hybridized carbons (Fsp3) is 0.300. The number of carbonyl (C=O) groups is 2. The van der Waals surface area contributed by atoms with E-state index in [1.165, 1.54) is 41.6 Å². The quantitative estimate of drug-likeness (QED) is 0.555. The molecule has 1 N–H and O–H groups in total. The second kappa shape index (κ2) is 10.4. The predicted molar refractivity (Wildman–Crippen MR) is 116 cm³/mol. The van der Waals surface area contributed by atoms with Crippen molar-refractivity contribution in [2.24, 2.45) is 0 Å². The van der Waals surface area contributed by atoms with Crippen molar-refractivity contribution >= 4 is 50.8 Å². The number of anilines is 1. The number of benzene rings is 2. The maximum atomic E-state index is 13.9. The molecule has 31 heavy (non-hydrogen) atoms. The zero-order chi connectivity index (χ0) is 23.3. The van der Waals surface area contributed by atoms with Crippen LogP contribution in [0.1, 0.15) is 31.1 Å². The topological polar surface area (TPSA) is 92.8 Å². The number of rotatable bonds is 8. The van der Waals surface area contributed by atoms with Gasteiger partial charge in [0.15, 0.2) is 6.10 Å². The molecule has 2 aromatic carbocycles. The van der Waals surface area contributed by atoms with Gasteiger partial charge in [-0.05, 0) is 37.3 Å². The number of amides is 1. The van der Waals surface area contributed by atoms with Crippen LogP contribution in [0.25, 0.3) is 0 Å². The number of hydrogen-bond donors (Lipinski definition) is 1. The Balaban J connectivity index is 2.20. The van der Waals surface area contributed by atoms with Crippen molar-refractivity contribution in [3.8, 4) is 0 Å². The molecule has 2 rings (SSSR count). The van der Waals surface area contributed by atoms with Crippen molar-refractivity contribution in [1.82, 2.24) is 4.31 Å². The van der Waals surface area contributed by atoms with Gasteiger partial charge >= 0.3 is 5.97 Å². The van der Waals surface area contributed by atoms with Gasteiger partial charge in [-0.25, -0.2) is 17.6 Å². The molecular weight excluding hydrogens is 470 g/mol. The lowest BCUT2D eigenvalue weighted by Crippen LogP contribution is -2.31. The molecule has 0 fully saturated rings. The lowest BCUT2D eigenvalue weighted by molar-refractivity contribution is -0.123. The molecule has 2 aromatic rings. The molecule has 0 aliphatic heterocycles.